The fraction of sp³-hybridized carbons (Fsp3) is 0.182. The average molecular weight is 276 g/mol. The van der Waals surface area contributed by atoms with E-state index in [-0.39, 0.29) is 5.28 Å². The molecule has 0 bridgehead atoms. The Kier molecular flexibility index (Phi) is 2.96. The van der Waals surface area contributed by atoms with Gasteiger partial charge in [0.1, 0.15) is 12.2 Å². The second-order valence-electron chi connectivity index (χ2n) is 3.74. The summed E-state index contributed by atoms with van der Waals surface area (Å²) in [5.74, 6) is 1.72. The number of rotatable bonds is 3. The zero-order valence-electron chi connectivity index (χ0n) is 10.1. The molecule has 0 saturated heterocycles. The van der Waals surface area contributed by atoms with Gasteiger partial charge in [0.2, 0.25) is 17.2 Å². The molecule has 0 aromatic carbocycles. The van der Waals surface area contributed by atoms with Gasteiger partial charge >= 0.3 is 0 Å². The van der Waals surface area contributed by atoms with Crippen LogP contribution in [0.15, 0.2) is 31.1 Å². The number of aromatic nitrogens is 7. The van der Waals surface area contributed by atoms with E-state index in [0.29, 0.717) is 11.9 Å². The number of halogens is 1. The molecule has 0 saturated carbocycles. The Morgan fingerprint density at radius 3 is 2.68 bits per heavy atom. The third-order valence-corrected chi connectivity index (χ3v) is 2.74. The molecule has 96 valence electrons. The Bertz CT molecular complexity index is 689. The van der Waals surface area contributed by atoms with E-state index in [4.69, 9.17) is 11.6 Å². The summed E-state index contributed by atoms with van der Waals surface area (Å²) < 4.78 is 3.45. The van der Waals surface area contributed by atoms with Gasteiger partial charge in [-0.2, -0.15) is 15.0 Å². The van der Waals surface area contributed by atoms with Gasteiger partial charge in [0.15, 0.2) is 0 Å². The Morgan fingerprint density at radius 1 is 1.11 bits per heavy atom. The summed E-state index contributed by atoms with van der Waals surface area (Å²) >= 11 is 5.95. The Hall–Kier alpha value is -2.28. The van der Waals surface area contributed by atoms with E-state index in [2.05, 4.69) is 24.9 Å². The van der Waals surface area contributed by atoms with Crippen LogP contribution in [-0.4, -0.2) is 34.1 Å². The van der Waals surface area contributed by atoms with Gasteiger partial charge in [0.05, 0.1) is 0 Å². The van der Waals surface area contributed by atoms with Crippen LogP contribution in [0.3, 0.4) is 0 Å². The van der Waals surface area contributed by atoms with E-state index in [0.717, 1.165) is 12.2 Å². The third kappa shape index (κ3) is 2.19. The lowest BCUT2D eigenvalue weighted by Crippen LogP contribution is -2.09. The highest BCUT2D eigenvalue weighted by molar-refractivity contribution is 6.28. The molecule has 0 atom stereocenters. The molecule has 0 aliphatic carbocycles. The molecule has 0 unspecified atom stereocenters. The predicted octanol–water partition coefficient (Wildman–Crippen LogP) is 1.46. The molecule has 3 aromatic rings. The van der Waals surface area contributed by atoms with Crippen molar-refractivity contribution in [1.29, 1.82) is 0 Å². The maximum absolute atomic E-state index is 5.95. The molecule has 7 nitrogen and oxygen atoms in total. The molecule has 0 fully saturated rings. The van der Waals surface area contributed by atoms with E-state index in [9.17, 15) is 0 Å². The largest absolute Gasteiger partial charge is 0.274 e. The van der Waals surface area contributed by atoms with Gasteiger partial charge in [0, 0.05) is 31.2 Å². The average Bonchev–Trinajstić information content (AvgIpc) is 3.09. The maximum Gasteiger partial charge on any atom is 0.241 e. The zero-order valence-corrected chi connectivity index (χ0v) is 10.9. The molecule has 0 aliphatic heterocycles. The van der Waals surface area contributed by atoms with Crippen molar-refractivity contribution in [3.63, 3.8) is 0 Å². The molecule has 0 amide bonds. The van der Waals surface area contributed by atoms with Crippen molar-refractivity contribution in [2.75, 3.05) is 0 Å². The van der Waals surface area contributed by atoms with E-state index in [1.807, 2.05) is 6.92 Å². The summed E-state index contributed by atoms with van der Waals surface area (Å²) in [5, 5.41) is 0.129. The first-order valence-electron chi connectivity index (χ1n) is 5.70. The highest BCUT2D eigenvalue weighted by Gasteiger charge is 2.10. The molecular weight excluding hydrogens is 266 g/mol. The first kappa shape index (κ1) is 11.8. The number of imidazole rings is 2. The number of hydrogen-bond donors (Lipinski definition) is 0. The quantitative estimate of drug-likeness (QED) is 0.723. The van der Waals surface area contributed by atoms with Gasteiger partial charge in [-0.15, -0.1) is 0 Å². The molecule has 0 radical (unpaired) electrons. The van der Waals surface area contributed by atoms with Crippen LogP contribution in [0.1, 0.15) is 12.7 Å². The lowest BCUT2D eigenvalue weighted by molar-refractivity contribution is 0.798. The molecular formula is C11H10ClN7. The molecule has 0 spiro atoms. The number of hydrogen-bond acceptors (Lipinski definition) is 5. The van der Waals surface area contributed by atoms with Crippen molar-refractivity contribution < 1.29 is 0 Å². The van der Waals surface area contributed by atoms with Crippen molar-refractivity contribution in [1.82, 2.24) is 34.1 Å². The van der Waals surface area contributed by atoms with Gasteiger partial charge in [-0.05, 0) is 11.6 Å². The lowest BCUT2D eigenvalue weighted by atomic mass is 10.4. The summed E-state index contributed by atoms with van der Waals surface area (Å²) in [4.78, 5) is 20.8. The molecule has 8 heteroatoms. The summed E-state index contributed by atoms with van der Waals surface area (Å²) in [5.41, 5.74) is 0. The second-order valence-corrected chi connectivity index (χ2v) is 4.08. The first-order chi connectivity index (χ1) is 9.28. The van der Waals surface area contributed by atoms with Gasteiger partial charge in [-0.25, -0.2) is 9.97 Å². The Labute approximate surface area is 114 Å². The number of nitrogens with zero attached hydrogens (tertiary/aromatic N) is 7. The summed E-state index contributed by atoms with van der Waals surface area (Å²) in [6.45, 7) is 2.01. The van der Waals surface area contributed by atoms with Crippen LogP contribution >= 0.6 is 11.6 Å². The minimum atomic E-state index is 0.129. The minimum Gasteiger partial charge on any atom is -0.274 e. The molecule has 19 heavy (non-hydrogen) atoms. The van der Waals surface area contributed by atoms with Gasteiger partial charge in [-0.3, -0.25) is 9.13 Å². The minimum absolute atomic E-state index is 0.129. The second kappa shape index (κ2) is 4.77. The fourth-order valence-electron chi connectivity index (χ4n) is 1.71. The van der Waals surface area contributed by atoms with Gasteiger partial charge in [0.25, 0.3) is 0 Å². The summed E-state index contributed by atoms with van der Waals surface area (Å²) in [6, 6.07) is 0. The van der Waals surface area contributed by atoms with E-state index < -0.39 is 0 Å². The van der Waals surface area contributed by atoms with E-state index in [1.54, 1.807) is 40.2 Å². The van der Waals surface area contributed by atoms with Crippen LogP contribution in [-0.2, 0) is 6.42 Å². The van der Waals surface area contributed by atoms with Crippen LogP contribution in [0.4, 0.5) is 0 Å². The highest BCUT2D eigenvalue weighted by atomic mass is 35.5. The third-order valence-electron chi connectivity index (χ3n) is 2.57. The smallest absolute Gasteiger partial charge is 0.241 e. The summed E-state index contributed by atoms with van der Waals surface area (Å²) in [7, 11) is 0. The summed E-state index contributed by atoms with van der Waals surface area (Å²) in [6.07, 6.45) is 9.26. The van der Waals surface area contributed by atoms with Crippen molar-refractivity contribution >= 4 is 11.6 Å². The molecule has 3 heterocycles. The lowest BCUT2D eigenvalue weighted by Gasteiger charge is -2.06. The SMILES string of the molecule is CCc1nccn1-c1nc(Cl)nc(-n2ccnc2)n1. The van der Waals surface area contributed by atoms with Crippen molar-refractivity contribution in [2.24, 2.45) is 0 Å². The molecule has 3 rings (SSSR count). The normalized spacial score (nSPS) is 10.8. The topological polar surface area (TPSA) is 74.3 Å². The van der Waals surface area contributed by atoms with Gasteiger partial charge in [-0.1, -0.05) is 6.92 Å². The van der Waals surface area contributed by atoms with Crippen LogP contribution in [0.5, 0.6) is 0 Å². The Balaban J connectivity index is 2.13. The standard InChI is InChI=1S/C11H10ClN7/c1-2-8-14-4-6-19(8)11-16-9(12)15-10(17-11)18-5-3-13-7-18/h3-7H,2H2,1H3. The van der Waals surface area contributed by atoms with Gasteiger partial charge < -0.3 is 0 Å². The highest BCUT2D eigenvalue weighted by Crippen LogP contribution is 2.11. The monoisotopic (exact) mass is 275 g/mol. The zero-order chi connectivity index (χ0) is 13.2. The molecule has 0 N–H and O–H groups in total. The Morgan fingerprint density at radius 2 is 1.95 bits per heavy atom. The van der Waals surface area contributed by atoms with E-state index >= 15 is 0 Å². The van der Waals surface area contributed by atoms with Crippen molar-refractivity contribution in [3.05, 3.63) is 42.2 Å². The van der Waals surface area contributed by atoms with Crippen LogP contribution in [0, 0.1) is 0 Å². The molecule has 3 aromatic heterocycles. The number of aryl methyl sites for hydroxylation is 1. The predicted molar refractivity (Wildman–Crippen MR) is 68.5 cm³/mol. The van der Waals surface area contributed by atoms with Crippen LogP contribution in [0.2, 0.25) is 5.28 Å². The van der Waals surface area contributed by atoms with Crippen molar-refractivity contribution in [3.8, 4) is 11.9 Å². The van der Waals surface area contributed by atoms with E-state index in [1.165, 1.54) is 0 Å². The fourth-order valence-corrected chi connectivity index (χ4v) is 1.86. The van der Waals surface area contributed by atoms with Crippen molar-refractivity contribution in [2.45, 2.75) is 13.3 Å². The molecule has 0 aliphatic rings. The first-order valence-corrected chi connectivity index (χ1v) is 6.08. The van der Waals surface area contributed by atoms with Crippen LogP contribution < -0.4 is 0 Å². The maximum atomic E-state index is 5.95. The van der Waals surface area contributed by atoms with Crippen LogP contribution in [0.25, 0.3) is 11.9 Å².